The first-order valence-electron chi connectivity index (χ1n) is 7.76. The van der Waals surface area contributed by atoms with Crippen LogP contribution in [0.15, 0.2) is 23.1 Å². The van der Waals surface area contributed by atoms with E-state index in [1.807, 2.05) is 19.1 Å². The van der Waals surface area contributed by atoms with Gasteiger partial charge in [-0.1, -0.05) is 6.07 Å². The fourth-order valence-electron chi connectivity index (χ4n) is 2.48. The van der Waals surface area contributed by atoms with Gasteiger partial charge in [-0.3, -0.25) is 0 Å². The molecule has 0 radical (unpaired) electrons. The number of sulfonamides is 1. The molecule has 0 atom stereocenters. The molecular weight excluding hydrogens is 284 g/mol. The fraction of sp³-hybridized carbons (Fsp3) is 0.625. The van der Waals surface area contributed by atoms with Crippen LogP contribution in [0.4, 0.5) is 0 Å². The summed E-state index contributed by atoms with van der Waals surface area (Å²) in [6, 6.07) is 6.11. The molecule has 2 fully saturated rings. The molecule has 0 unspecified atom stereocenters. The zero-order chi connectivity index (χ0) is 15.0. The quantitative estimate of drug-likeness (QED) is 0.841. The molecule has 2 aliphatic rings. The van der Waals surface area contributed by atoms with Crippen molar-refractivity contribution in [1.29, 1.82) is 0 Å². The molecule has 21 heavy (non-hydrogen) atoms. The Kier molecular flexibility index (Phi) is 4.08. The van der Waals surface area contributed by atoms with Crippen molar-refractivity contribution in [2.24, 2.45) is 5.92 Å². The second-order valence-electron chi connectivity index (χ2n) is 6.47. The van der Waals surface area contributed by atoms with E-state index in [0.717, 1.165) is 30.5 Å². The number of aryl methyl sites for hydroxylation is 1. The van der Waals surface area contributed by atoms with E-state index in [2.05, 4.69) is 5.32 Å². The summed E-state index contributed by atoms with van der Waals surface area (Å²) in [6.45, 7) is 3.44. The van der Waals surface area contributed by atoms with Crippen LogP contribution in [0.3, 0.4) is 0 Å². The minimum atomic E-state index is -3.35. The van der Waals surface area contributed by atoms with Crippen LogP contribution >= 0.6 is 0 Å². The fourth-order valence-corrected chi connectivity index (χ4v) is 3.78. The van der Waals surface area contributed by atoms with E-state index in [0.29, 0.717) is 23.4 Å². The van der Waals surface area contributed by atoms with E-state index < -0.39 is 10.0 Å². The van der Waals surface area contributed by atoms with Gasteiger partial charge in [0.2, 0.25) is 10.0 Å². The first kappa shape index (κ1) is 15.0. The third-order valence-electron chi connectivity index (χ3n) is 4.40. The van der Waals surface area contributed by atoms with Crippen LogP contribution in [-0.4, -0.2) is 32.4 Å². The maximum atomic E-state index is 12.6. The highest BCUT2D eigenvalue weighted by Gasteiger charge is 2.29. The van der Waals surface area contributed by atoms with E-state index in [-0.39, 0.29) is 0 Å². The average molecular weight is 308 g/mol. The highest BCUT2D eigenvalue weighted by molar-refractivity contribution is 7.89. The van der Waals surface area contributed by atoms with Crippen LogP contribution in [0.5, 0.6) is 0 Å². The topological polar surface area (TPSA) is 49.4 Å². The number of hydrogen-bond donors (Lipinski definition) is 1. The van der Waals surface area contributed by atoms with Crippen molar-refractivity contribution in [3.63, 3.8) is 0 Å². The van der Waals surface area contributed by atoms with Crippen molar-refractivity contribution in [3.8, 4) is 0 Å². The lowest BCUT2D eigenvalue weighted by atomic mass is 10.1. The molecule has 5 heteroatoms. The molecule has 0 saturated heterocycles. The number of nitrogens with one attached hydrogen (secondary N) is 1. The summed E-state index contributed by atoms with van der Waals surface area (Å²) >= 11 is 0. The molecule has 2 saturated carbocycles. The molecule has 2 aliphatic carbocycles. The number of rotatable bonds is 7. The molecule has 1 aromatic rings. The van der Waals surface area contributed by atoms with E-state index in [1.54, 1.807) is 13.1 Å². The lowest BCUT2D eigenvalue weighted by Gasteiger charge is -2.18. The van der Waals surface area contributed by atoms with Crippen molar-refractivity contribution in [1.82, 2.24) is 9.62 Å². The first-order valence-corrected chi connectivity index (χ1v) is 9.20. The zero-order valence-corrected chi connectivity index (χ0v) is 13.6. The molecule has 0 heterocycles. The Morgan fingerprint density at radius 2 is 1.95 bits per heavy atom. The number of benzene rings is 1. The Balaban J connectivity index is 1.77. The molecule has 116 valence electrons. The van der Waals surface area contributed by atoms with Crippen LogP contribution in [-0.2, 0) is 16.6 Å². The third-order valence-corrected chi connectivity index (χ3v) is 6.22. The molecule has 1 aromatic carbocycles. The maximum Gasteiger partial charge on any atom is 0.242 e. The van der Waals surface area contributed by atoms with Crippen molar-refractivity contribution in [2.45, 2.75) is 50.1 Å². The van der Waals surface area contributed by atoms with E-state index in [9.17, 15) is 8.42 Å². The van der Waals surface area contributed by atoms with Crippen LogP contribution in [0.1, 0.15) is 36.8 Å². The van der Waals surface area contributed by atoms with E-state index >= 15 is 0 Å². The summed E-state index contributed by atoms with van der Waals surface area (Å²) in [5, 5.41) is 3.46. The van der Waals surface area contributed by atoms with Gasteiger partial charge in [-0.2, -0.15) is 0 Å². The number of hydrogen-bond acceptors (Lipinski definition) is 3. The summed E-state index contributed by atoms with van der Waals surface area (Å²) < 4.78 is 26.7. The summed E-state index contributed by atoms with van der Waals surface area (Å²) in [5.41, 5.74) is 2.23. The second-order valence-corrected chi connectivity index (χ2v) is 8.52. The lowest BCUT2D eigenvalue weighted by molar-refractivity contribution is 0.452. The SMILES string of the molecule is Cc1ccc(S(=O)(=O)N(C)CC2CC2)cc1CNC1CC1. The van der Waals surface area contributed by atoms with Gasteiger partial charge in [0.1, 0.15) is 0 Å². The van der Waals surface area contributed by atoms with Crippen molar-refractivity contribution in [2.75, 3.05) is 13.6 Å². The van der Waals surface area contributed by atoms with Crippen LogP contribution < -0.4 is 5.32 Å². The highest BCUT2D eigenvalue weighted by Crippen LogP contribution is 2.31. The Morgan fingerprint density at radius 3 is 2.57 bits per heavy atom. The Morgan fingerprint density at radius 1 is 1.24 bits per heavy atom. The summed E-state index contributed by atoms with van der Waals surface area (Å²) in [6.07, 6.45) is 4.79. The monoisotopic (exact) mass is 308 g/mol. The zero-order valence-electron chi connectivity index (χ0n) is 12.8. The molecule has 0 bridgehead atoms. The smallest absolute Gasteiger partial charge is 0.242 e. The van der Waals surface area contributed by atoms with Gasteiger partial charge in [0.05, 0.1) is 4.90 Å². The van der Waals surface area contributed by atoms with Crippen molar-refractivity contribution in [3.05, 3.63) is 29.3 Å². The van der Waals surface area contributed by atoms with Crippen LogP contribution in [0.25, 0.3) is 0 Å². The normalized spacial score (nSPS) is 19.2. The Bertz CT molecular complexity index is 619. The van der Waals surface area contributed by atoms with Gasteiger partial charge in [-0.15, -0.1) is 0 Å². The van der Waals surface area contributed by atoms with Crippen LogP contribution in [0.2, 0.25) is 0 Å². The number of nitrogens with zero attached hydrogens (tertiary/aromatic N) is 1. The Hall–Kier alpha value is -0.910. The van der Waals surface area contributed by atoms with Gasteiger partial charge >= 0.3 is 0 Å². The summed E-state index contributed by atoms with van der Waals surface area (Å²) in [5.74, 6) is 0.561. The van der Waals surface area contributed by atoms with Gasteiger partial charge in [0.15, 0.2) is 0 Å². The van der Waals surface area contributed by atoms with E-state index in [4.69, 9.17) is 0 Å². The minimum Gasteiger partial charge on any atom is -0.310 e. The predicted octanol–water partition coefficient (Wildman–Crippen LogP) is 2.28. The largest absolute Gasteiger partial charge is 0.310 e. The summed E-state index contributed by atoms with van der Waals surface area (Å²) in [4.78, 5) is 0.420. The average Bonchev–Trinajstić information content (AvgIpc) is 3.32. The van der Waals surface area contributed by atoms with Crippen LogP contribution in [0, 0.1) is 12.8 Å². The van der Waals surface area contributed by atoms with Gasteiger partial charge in [0.25, 0.3) is 0 Å². The van der Waals surface area contributed by atoms with Gasteiger partial charge in [-0.05, 0) is 61.8 Å². The molecule has 0 aliphatic heterocycles. The molecule has 0 amide bonds. The highest BCUT2D eigenvalue weighted by atomic mass is 32.2. The molecule has 3 rings (SSSR count). The first-order chi connectivity index (χ1) is 9.96. The minimum absolute atomic E-state index is 0.420. The third kappa shape index (κ3) is 3.65. The summed E-state index contributed by atoms with van der Waals surface area (Å²) in [7, 11) is -1.66. The molecule has 1 N–H and O–H groups in total. The molecular formula is C16H24N2O2S. The van der Waals surface area contributed by atoms with E-state index in [1.165, 1.54) is 17.1 Å². The molecule has 0 aromatic heterocycles. The van der Waals surface area contributed by atoms with Crippen molar-refractivity contribution < 1.29 is 8.42 Å². The molecule has 4 nitrogen and oxygen atoms in total. The molecule has 0 spiro atoms. The van der Waals surface area contributed by atoms with Gasteiger partial charge < -0.3 is 5.32 Å². The second kappa shape index (κ2) is 5.71. The lowest BCUT2D eigenvalue weighted by Crippen LogP contribution is -2.29. The predicted molar refractivity (Wildman–Crippen MR) is 83.6 cm³/mol. The van der Waals surface area contributed by atoms with Gasteiger partial charge in [-0.25, -0.2) is 12.7 Å². The Labute approximate surface area is 127 Å². The van der Waals surface area contributed by atoms with Gasteiger partial charge in [0, 0.05) is 26.2 Å². The maximum absolute atomic E-state index is 12.6. The standard InChI is InChI=1S/C16H24N2O2S/c1-12-3-8-16(9-14(12)10-17-15-6-7-15)21(19,20)18(2)11-13-4-5-13/h3,8-9,13,15,17H,4-7,10-11H2,1-2H3. The van der Waals surface area contributed by atoms with Crippen molar-refractivity contribution >= 4 is 10.0 Å².